The summed E-state index contributed by atoms with van der Waals surface area (Å²) in [5.74, 6) is -1.69. The molecule has 0 aliphatic heterocycles. The zero-order valence-electron chi connectivity index (χ0n) is 11.5. The number of aliphatic hydroxyl groups is 1. The van der Waals surface area contributed by atoms with Crippen LogP contribution in [0.2, 0.25) is 0 Å². The number of aryl methyl sites for hydroxylation is 1. The number of amides is 1. The fourth-order valence-electron chi connectivity index (χ4n) is 2.04. The fraction of sp³-hybridized carbons (Fsp3) is 0.188. The van der Waals surface area contributed by atoms with Crippen LogP contribution in [-0.4, -0.2) is 22.7 Å². The molecule has 0 unspecified atom stereocenters. The number of hydrogen-bond donors (Lipinski definition) is 3. The summed E-state index contributed by atoms with van der Waals surface area (Å²) < 4.78 is 13.5. The predicted molar refractivity (Wildman–Crippen MR) is 76.5 cm³/mol. The van der Waals surface area contributed by atoms with Gasteiger partial charge < -0.3 is 15.5 Å². The number of phenolic OH excluding ortho intramolecular Hbond substituents is 1. The molecule has 5 heteroatoms. The lowest BCUT2D eigenvalue weighted by Crippen LogP contribution is -2.29. The number of carbonyl (C=O) groups excluding carboxylic acids is 1. The van der Waals surface area contributed by atoms with Crippen molar-refractivity contribution in [2.45, 2.75) is 13.0 Å². The van der Waals surface area contributed by atoms with Gasteiger partial charge in [-0.25, -0.2) is 4.39 Å². The largest absolute Gasteiger partial charge is 0.508 e. The molecule has 1 atom stereocenters. The number of aromatic hydroxyl groups is 1. The topological polar surface area (TPSA) is 69.6 Å². The van der Waals surface area contributed by atoms with Gasteiger partial charge in [0.2, 0.25) is 0 Å². The summed E-state index contributed by atoms with van der Waals surface area (Å²) in [4.78, 5) is 11.9. The fourth-order valence-corrected chi connectivity index (χ4v) is 2.04. The number of phenols is 1. The number of carbonyl (C=O) groups is 1. The Bertz CT molecular complexity index is 658. The van der Waals surface area contributed by atoms with Crippen molar-refractivity contribution < 1.29 is 19.4 Å². The van der Waals surface area contributed by atoms with Crippen LogP contribution in [0.5, 0.6) is 5.75 Å². The van der Waals surface area contributed by atoms with Gasteiger partial charge >= 0.3 is 0 Å². The van der Waals surface area contributed by atoms with Crippen molar-refractivity contribution in [2.75, 3.05) is 6.54 Å². The Kier molecular flexibility index (Phi) is 4.55. The van der Waals surface area contributed by atoms with Gasteiger partial charge in [0.15, 0.2) is 0 Å². The van der Waals surface area contributed by atoms with E-state index in [1.54, 1.807) is 12.1 Å². The molecule has 0 heterocycles. The van der Waals surface area contributed by atoms with Crippen molar-refractivity contribution in [1.29, 1.82) is 0 Å². The van der Waals surface area contributed by atoms with Crippen LogP contribution in [0.3, 0.4) is 0 Å². The molecule has 4 nitrogen and oxygen atoms in total. The van der Waals surface area contributed by atoms with Crippen LogP contribution in [0.25, 0.3) is 0 Å². The Morgan fingerprint density at radius 3 is 2.67 bits per heavy atom. The lowest BCUT2D eigenvalue weighted by molar-refractivity contribution is 0.0912. The summed E-state index contributed by atoms with van der Waals surface area (Å²) in [5, 5.41) is 21.6. The van der Waals surface area contributed by atoms with E-state index >= 15 is 0 Å². The van der Waals surface area contributed by atoms with E-state index in [-0.39, 0.29) is 17.9 Å². The second-order valence-corrected chi connectivity index (χ2v) is 4.75. The van der Waals surface area contributed by atoms with Crippen molar-refractivity contribution in [3.05, 3.63) is 65.0 Å². The molecule has 3 N–H and O–H groups in total. The van der Waals surface area contributed by atoms with Crippen LogP contribution in [0.4, 0.5) is 4.39 Å². The van der Waals surface area contributed by atoms with E-state index in [9.17, 15) is 14.3 Å². The molecule has 21 heavy (non-hydrogen) atoms. The smallest absolute Gasteiger partial charge is 0.254 e. The van der Waals surface area contributed by atoms with E-state index in [4.69, 9.17) is 5.11 Å². The minimum atomic E-state index is -0.865. The summed E-state index contributed by atoms with van der Waals surface area (Å²) >= 11 is 0. The third kappa shape index (κ3) is 3.58. The number of halogens is 1. The minimum Gasteiger partial charge on any atom is -0.508 e. The number of nitrogens with one attached hydrogen (secondary N) is 1. The molecule has 0 fully saturated rings. The molecule has 0 bridgehead atoms. The highest BCUT2D eigenvalue weighted by Crippen LogP contribution is 2.17. The van der Waals surface area contributed by atoms with Crippen LogP contribution in [0.15, 0.2) is 42.5 Å². The van der Waals surface area contributed by atoms with Crippen LogP contribution in [-0.2, 0) is 0 Å². The number of benzene rings is 2. The first-order chi connectivity index (χ1) is 9.99. The number of aliphatic hydroxyl groups excluding tert-OH is 1. The zero-order chi connectivity index (χ0) is 15.4. The molecule has 0 aliphatic carbocycles. The third-order valence-corrected chi connectivity index (χ3v) is 3.20. The molecule has 0 saturated heterocycles. The van der Waals surface area contributed by atoms with Crippen molar-refractivity contribution in [1.82, 2.24) is 5.32 Å². The van der Waals surface area contributed by atoms with Crippen molar-refractivity contribution >= 4 is 5.91 Å². The van der Waals surface area contributed by atoms with Crippen LogP contribution >= 0.6 is 0 Å². The molecule has 0 spiro atoms. The Hall–Kier alpha value is -2.40. The Morgan fingerprint density at radius 1 is 1.29 bits per heavy atom. The molecule has 110 valence electrons. The molecular weight excluding hydrogens is 273 g/mol. The third-order valence-electron chi connectivity index (χ3n) is 3.20. The van der Waals surface area contributed by atoms with E-state index in [0.717, 1.165) is 11.6 Å². The summed E-state index contributed by atoms with van der Waals surface area (Å²) in [6, 6.07) is 10.6. The minimum absolute atomic E-state index is 0.0238. The molecule has 2 aromatic carbocycles. The van der Waals surface area contributed by atoms with Crippen molar-refractivity contribution in [3.8, 4) is 5.75 Å². The first-order valence-electron chi connectivity index (χ1n) is 6.49. The van der Waals surface area contributed by atoms with Gasteiger partial charge in [-0.3, -0.25) is 4.79 Å². The van der Waals surface area contributed by atoms with Crippen LogP contribution < -0.4 is 5.32 Å². The number of rotatable bonds is 4. The average Bonchev–Trinajstić information content (AvgIpc) is 2.45. The maximum Gasteiger partial charge on any atom is 0.254 e. The molecular formula is C16H16FNO3. The monoisotopic (exact) mass is 289 g/mol. The molecule has 0 aliphatic rings. The SMILES string of the molecule is Cc1ccccc1[C@H](O)CNC(=O)c1ccc(O)cc1F. The summed E-state index contributed by atoms with van der Waals surface area (Å²) in [5.41, 5.74) is 1.45. The van der Waals surface area contributed by atoms with Crippen molar-refractivity contribution in [2.24, 2.45) is 0 Å². The van der Waals surface area contributed by atoms with Crippen molar-refractivity contribution in [3.63, 3.8) is 0 Å². The Balaban J connectivity index is 2.02. The van der Waals surface area contributed by atoms with E-state index in [1.807, 2.05) is 19.1 Å². The molecule has 2 aromatic rings. The van der Waals surface area contributed by atoms with Gasteiger partial charge in [0, 0.05) is 12.6 Å². The number of hydrogen-bond acceptors (Lipinski definition) is 3. The maximum absolute atomic E-state index is 13.5. The molecule has 0 aromatic heterocycles. The van der Waals surface area contributed by atoms with Gasteiger partial charge in [0.25, 0.3) is 5.91 Å². The van der Waals surface area contributed by atoms with Gasteiger partial charge in [0.1, 0.15) is 11.6 Å². The highest BCUT2D eigenvalue weighted by Gasteiger charge is 2.15. The second-order valence-electron chi connectivity index (χ2n) is 4.75. The molecule has 0 saturated carbocycles. The lowest BCUT2D eigenvalue weighted by atomic mass is 10.0. The maximum atomic E-state index is 13.5. The summed E-state index contributed by atoms with van der Waals surface area (Å²) in [7, 11) is 0. The van der Waals surface area contributed by atoms with Gasteiger partial charge in [-0.1, -0.05) is 24.3 Å². The van der Waals surface area contributed by atoms with Gasteiger partial charge in [-0.05, 0) is 30.2 Å². The first kappa shape index (κ1) is 15.0. The highest BCUT2D eigenvalue weighted by atomic mass is 19.1. The standard InChI is InChI=1S/C16H16FNO3/c1-10-4-2-3-5-12(10)15(20)9-18-16(21)13-7-6-11(19)8-14(13)17/h2-8,15,19-20H,9H2,1H3,(H,18,21)/t15-/m1/s1. The summed E-state index contributed by atoms with van der Waals surface area (Å²) in [6.07, 6.45) is -0.865. The normalized spacial score (nSPS) is 12.0. The zero-order valence-corrected chi connectivity index (χ0v) is 11.5. The van der Waals surface area contributed by atoms with E-state index in [0.29, 0.717) is 5.56 Å². The molecule has 0 radical (unpaired) electrons. The lowest BCUT2D eigenvalue weighted by Gasteiger charge is -2.14. The van der Waals surface area contributed by atoms with E-state index in [1.165, 1.54) is 12.1 Å². The van der Waals surface area contributed by atoms with Gasteiger partial charge in [-0.2, -0.15) is 0 Å². The van der Waals surface area contributed by atoms with E-state index in [2.05, 4.69) is 5.32 Å². The quantitative estimate of drug-likeness (QED) is 0.809. The van der Waals surface area contributed by atoms with Crippen LogP contribution in [0.1, 0.15) is 27.6 Å². The van der Waals surface area contributed by atoms with Gasteiger partial charge in [-0.15, -0.1) is 0 Å². The predicted octanol–water partition coefficient (Wildman–Crippen LogP) is 2.30. The van der Waals surface area contributed by atoms with Crippen LogP contribution in [0, 0.1) is 12.7 Å². The highest BCUT2D eigenvalue weighted by molar-refractivity contribution is 5.94. The molecule has 1 amide bonds. The first-order valence-corrected chi connectivity index (χ1v) is 6.49. The van der Waals surface area contributed by atoms with Gasteiger partial charge in [0.05, 0.1) is 11.7 Å². The Labute approximate surface area is 121 Å². The average molecular weight is 289 g/mol. The van der Waals surface area contributed by atoms with E-state index < -0.39 is 17.8 Å². The second kappa shape index (κ2) is 6.37. The Morgan fingerprint density at radius 2 is 2.00 bits per heavy atom. The molecule has 2 rings (SSSR count). The summed E-state index contributed by atoms with van der Waals surface area (Å²) in [6.45, 7) is 1.84.